The second-order valence-electron chi connectivity index (χ2n) is 6.48. The molecule has 23 heavy (non-hydrogen) atoms. The number of hydrogen-bond donors (Lipinski definition) is 2. The Morgan fingerprint density at radius 1 is 1.22 bits per heavy atom. The highest BCUT2D eigenvalue weighted by atomic mass is 35.5. The van der Waals surface area contributed by atoms with Gasteiger partial charge in [0.05, 0.1) is 0 Å². The Labute approximate surface area is 143 Å². The van der Waals surface area contributed by atoms with Crippen molar-refractivity contribution in [1.29, 1.82) is 0 Å². The quantitative estimate of drug-likeness (QED) is 0.831. The summed E-state index contributed by atoms with van der Waals surface area (Å²) in [6, 6.07) is 0.621. The van der Waals surface area contributed by atoms with Crippen LogP contribution in [0.1, 0.15) is 65.2 Å². The van der Waals surface area contributed by atoms with Gasteiger partial charge in [0.15, 0.2) is 5.78 Å². The van der Waals surface area contributed by atoms with Gasteiger partial charge in [0.25, 0.3) is 5.91 Å². The average molecular weight is 340 g/mol. The first-order valence-corrected chi connectivity index (χ1v) is 8.30. The van der Waals surface area contributed by atoms with Crippen molar-refractivity contribution in [3.63, 3.8) is 0 Å². The van der Waals surface area contributed by atoms with E-state index in [-0.39, 0.29) is 30.1 Å². The number of aromatic nitrogens is 1. The van der Waals surface area contributed by atoms with Gasteiger partial charge < -0.3 is 15.2 Å². The van der Waals surface area contributed by atoms with Crippen molar-refractivity contribution in [2.45, 2.75) is 58.5 Å². The molecule has 0 aliphatic carbocycles. The molecule has 1 amide bonds. The highest BCUT2D eigenvalue weighted by Gasteiger charge is 2.39. The number of H-pyrrole nitrogens is 1. The number of nitrogens with zero attached hydrogens (tertiary/aromatic N) is 1. The van der Waals surface area contributed by atoms with Gasteiger partial charge >= 0.3 is 0 Å². The van der Waals surface area contributed by atoms with E-state index in [1.807, 2.05) is 13.8 Å². The van der Waals surface area contributed by atoms with Crippen LogP contribution in [-0.2, 0) is 6.42 Å². The molecule has 0 saturated carbocycles. The second-order valence-corrected chi connectivity index (χ2v) is 6.48. The van der Waals surface area contributed by atoms with E-state index >= 15 is 0 Å². The van der Waals surface area contributed by atoms with E-state index in [1.54, 1.807) is 6.92 Å². The lowest BCUT2D eigenvalue weighted by Gasteiger charge is -2.28. The molecule has 2 saturated heterocycles. The van der Waals surface area contributed by atoms with Crippen molar-refractivity contribution in [2.75, 3.05) is 13.1 Å². The molecule has 2 N–H and O–H groups in total. The normalized spacial score (nSPS) is 23.3. The minimum absolute atomic E-state index is 0. The third-order valence-electron chi connectivity index (χ3n) is 5.10. The van der Waals surface area contributed by atoms with Gasteiger partial charge in [-0.05, 0) is 51.6 Å². The molecule has 2 atom stereocenters. The van der Waals surface area contributed by atoms with Crippen LogP contribution in [0, 0.1) is 6.92 Å². The summed E-state index contributed by atoms with van der Waals surface area (Å²) in [6.45, 7) is 7.32. The molecule has 0 radical (unpaired) electrons. The number of halogens is 1. The lowest BCUT2D eigenvalue weighted by Crippen LogP contribution is -2.43. The number of rotatable bonds is 3. The first kappa shape index (κ1) is 18.0. The van der Waals surface area contributed by atoms with Gasteiger partial charge in [0.2, 0.25) is 0 Å². The zero-order chi connectivity index (χ0) is 15.9. The number of hydrogen-bond acceptors (Lipinski definition) is 3. The molecule has 2 unspecified atom stereocenters. The molecule has 5 nitrogen and oxygen atoms in total. The van der Waals surface area contributed by atoms with Crippen molar-refractivity contribution in [3.05, 3.63) is 22.5 Å². The number of fused-ring (bicyclic) bond motifs is 2. The number of amides is 1. The summed E-state index contributed by atoms with van der Waals surface area (Å²) in [5.41, 5.74) is 3.02. The average Bonchev–Trinajstić information content (AvgIpc) is 2.93. The lowest BCUT2D eigenvalue weighted by atomic mass is 10.0. The predicted octanol–water partition coefficient (Wildman–Crippen LogP) is 2.48. The Hall–Kier alpha value is -1.33. The van der Waals surface area contributed by atoms with Gasteiger partial charge in [-0.15, -0.1) is 12.4 Å². The summed E-state index contributed by atoms with van der Waals surface area (Å²) in [7, 11) is 0. The van der Waals surface area contributed by atoms with Crippen LogP contribution in [-0.4, -0.2) is 46.7 Å². The number of carbonyl (C=O) groups is 2. The molecule has 0 aromatic carbocycles. The molecule has 1 aromatic rings. The molecular weight excluding hydrogens is 314 g/mol. The van der Waals surface area contributed by atoms with Gasteiger partial charge in [-0.2, -0.15) is 0 Å². The first-order valence-electron chi connectivity index (χ1n) is 8.30. The van der Waals surface area contributed by atoms with E-state index in [0.717, 1.165) is 43.6 Å². The standard InChI is InChI=1S/C17H25N3O2.ClH/c1-4-14-15(11(3)21)10(2)19-16(14)17(22)20-12-5-6-13(20)9-18-8-7-12;/h12-13,18-19H,4-9H2,1-3H3;1H. The third-order valence-corrected chi connectivity index (χ3v) is 5.10. The van der Waals surface area contributed by atoms with Gasteiger partial charge in [0, 0.05) is 29.9 Å². The number of aryl methyl sites for hydroxylation is 1. The molecule has 2 fully saturated rings. The maximum Gasteiger partial charge on any atom is 0.271 e. The molecule has 128 valence electrons. The van der Waals surface area contributed by atoms with Crippen LogP contribution in [0.15, 0.2) is 0 Å². The summed E-state index contributed by atoms with van der Waals surface area (Å²) in [6.07, 6.45) is 3.88. The highest BCUT2D eigenvalue weighted by Crippen LogP contribution is 2.31. The Morgan fingerprint density at radius 3 is 2.57 bits per heavy atom. The summed E-state index contributed by atoms with van der Waals surface area (Å²) >= 11 is 0. The fraction of sp³-hybridized carbons (Fsp3) is 0.647. The van der Waals surface area contributed by atoms with Crippen molar-refractivity contribution in [2.24, 2.45) is 0 Å². The van der Waals surface area contributed by atoms with E-state index in [0.29, 0.717) is 23.7 Å². The second kappa shape index (κ2) is 7.05. The minimum Gasteiger partial charge on any atom is -0.354 e. The van der Waals surface area contributed by atoms with Crippen LogP contribution in [0.3, 0.4) is 0 Å². The fourth-order valence-corrected chi connectivity index (χ4v) is 4.13. The molecule has 2 bridgehead atoms. The van der Waals surface area contributed by atoms with Crippen molar-refractivity contribution in [1.82, 2.24) is 15.2 Å². The Bertz CT molecular complexity index is 597. The molecule has 1 aromatic heterocycles. The molecule has 2 aliphatic heterocycles. The van der Waals surface area contributed by atoms with Gasteiger partial charge in [-0.3, -0.25) is 9.59 Å². The maximum atomic E-state index is 13.1. The zero-order valence-electron chi connectivity index (χ0n) is 14.1. The molecule has 0 spiro atoms. The summed E-state index contributed by atoms with van der Waals surface area (Å²) in [5.74, 6) is 0.105. The lowest BCUT2D eigenvalue weighted by molar-refractivity contribution is 0.0673. The molecular formula is C17H26ClN3O2. The summed E-state index contributed by atoms with van der Waals surface area (Å²) in [5, 5.41) is 3.42. The number of Topliss-reactive ketones (excluding diaryl/α,β-unsaturated/α-hetero) is 1. The predicted molar refractivity (Wildman–Crippen MR) is 92.6 cm³/mol. The van der Waals surface area contributed by atoms with Gasteiger partial charge in [-0.1, -0.05) is 6.92 Å². The van der Waals surface area contributed by atoms with Gasteiger partial charge in [0.1, 0.15) is 5.69 Å². The molecule has 6 heteroatoms. The number of aromatic amines is 1. The van der Waals surface area contributed by atoms with E-state index in [9.17, 15) is 9.59 Å². The number of carbonyl (C=O) groups excluding carboxylic acids is 2. The van der Waals surface area contributed by atoms with E-state index in [1.165, 1.54) is 0 Å². The molecule has 2 aliphatic rings. The smallest absolute Gasteiger partial charge is 0.271 e. The highest BCUT2D eigenvalue weighted by molar-refractivity contribution is 6.03. The van der Waals surface area contributed by atoms with Crippen LogP contribution in [0.25, 0.3) is 0 Å². The van der Waals surface area contributed by atoms with E-state index in [4.69, 9.17) is 0 Å². The fourth-order valence-electron chi connectivity index (χ4n) is 4.13. The first-order chi connectivity index (χ1) is 10.5. The van der Waals surface area contributed by atoms with Crippen molar-refractivity contribution in [3.8, 4) is 0 Å². The van der Waals surface area contributed by atoms with Crippen molar-refractivity contribution >= 4 is 24.1 Å². The largest absolute Gasteiger partial charge is 0.354 e. The van der Waals surface area contributed by atoms with Crippen LogP contribution in [0.5, 0.6) is 0 Å². The Balaban J connectivity index is 0.00000192. The summed E-state index contributed by atoms with van der Waals surface area (Å²) < 4.78 is 0. The van der Waals surface area contributed by atoms with E-state index < -0.39 is 0 Å². The zero-order valence-corrected chi connectivity index (χ0v) is 14.9. The SMILES string of the molecule is CCc1c(C(=O)N2C3CCNCC2CC3)[nH]c(C)c1C(C)=O.Cl. The molecule has 3 heterocycles. The van der Waals surface area contributed by atoms with Crippen molar-refractivity contribution < 1.29 is 9.59 Å². The van der Waals surface area contributed by atoms with Crippen LogP contribution in [0.4, 0.5) is 0 Å². The Morgan fingerprint density at radius 2 is 1.91 bits per heavy atom. The Kier molecular flexibility index (Phi) is 5.53. The van der Waals surface area contributed by atoms with Crippen LogP contribution < -0.4 is 5.32 Å². The monoisotopic (exact) mass is 339 g/mol. The number of nitrogens with one attached hydrogen (secondary N) is 2. The maximum absolute atomic E-state index is 13.1. The summed E-state index contributed by atoms with van der Waals surface area (Å²) in [4.78, 5) is 30.3. The number of ketones is 1. The van der Waals surface area contributed by atoms with Crippen LogP contribution in [0.2, 0.25) is 0 Å². The van der Waals surface area contributed by atoms with E-state index in [2.05, 4.69) is 15.2 Å². The van der Waals surface area contributed by atoms with Gasteiger partial charge in [-0.25, -0.2) is 0 Å². The minimum atomic E-state index is 0. The third kappa shape index (κ3) is 3.04. The van der Waals surface area contributed by atoms with Crippen LogP contribution >= 0.6 is 12.4 Å². The molecule has 3 rings (SSSR count). The topological polar surface area (TPSA) is 65.2 Å².